The van der Waals surface area contributed by atoms with E-state index in [-0.39, 0.29) is 17.6 Å². The predicted molar refractivity (Wildman–Crippen MR) is 88.6 cm³/mol. The van der Waals surface area contributed by atoms with Gasteiger partial charge in [-0.05, 0) is 39.5 Å². The van der Waals surface area contributed by atoms with Crippen molar-refractivity contribution in [1.82, 2.24) is 14.9 Å². The Morgan fingerprint density at radius 2 is 2.04 bits per heavy atom. The zero-order chi connectivity index (χ0) is 17.3. The van der Waals surface area contributed by atoms with Crippen LogP contribution in [0.15, 0.2) is 40.2 Å². The molecule has 2 aromatic heterocycles. The van der Waals surface area contributed by atoms with Gasteiger partial charge in [0.05, 0.1) is 17.6 Å². The van der Waals surface area contributed by atoms with Gasteiger partial charge in [-0.3, -0.25) is 4.79 Å². The molecule has 0 saturated carbocycles. The molecule has 0 fully saturated rings. The molecule has 0 atom stereocenters. The number of hydrogen-bond acceptors (Lipinski definition) is 3. The SMILES string of the molecule is O=C(Cn1c(C(F)(F)F)nc2ccccc21)NCc1sccc1Br. The van der Waals surface area contributed by atoms with Crippen LogP contribution in [0.3, 0.4) is 0 Å². The third-order valence-corrected chi connectivity index (χ3v) is 5.27. The van der Waals surface area contributed by atoms with Gasteiger partial charge in [0.2, 0.25) is 11.7 Å². The fourth-order valence-electron chi connectivity index (χ4n) is 2.28. The van der Waals surface area contributed by atoms with Crippen LogP contribution in [0.2, 0.25) is 0 Å². The van der Waals surface area contributed by atoms with E-state index in [4.69, 9.17) is 0 Å². The van der Waals surface area contributed by atoms with E-state index in [0.717, 1.165) is 13.9 Å². The van der Waals surface area contributed by atoms with Crippen LogP contribution in [0.5, 0.6) is 0 Å². The Kier molecular flexibility index (Phi) is 4.64. The number of amides is 1. The molecule has 4 nitrogen and oxygen atoms in total. The van der Waals surface area contributed by atoms with E-state index in [1.807, 2.05) is 11.4 Å². The first-order valence-electron chi connectivity index (χ1n) is 6.87. The van der Waals surface area contributed by atoms with Gasteiger partial charge < -0.3 is 9.88 Å². The molecule has 0 spiro atoms. The van der Waals surface area contributed by atoms with Crippen LogP contribution in [0.1, 0.15) is 10.7 Å². The van der Waals surface area contributed by atoms with E-state index >= 15 is 0 Å². The van der Waals surface area contributed by atoms with Gasteiger partial charge in [-0.15, -0.1) is 11.3 Å². The number of nitrogens with one attached hydrogen (secondary N) is 1. The Morgan fingerprint density at radius 3 is 2.71 bits per heavy atom. The Bertz CT molecular complexity index is 888. The summed E-state index contributed by atoms with van der Waals surface area (Å²) in [5.74, 6) is -1.58. The summed E-state index contributed by atoms with van der Waals surface area (Å²) >= 11 is 4.79. The Balaban J connectivity index is 1.83. The number of carbonyl (C=O) groups is 1. The molecule has 24 heavy (non-hydrogen) atoms. The third-order valence-electron chi connectivity index (χ3n) is 3.35. The molecular formula is C15H11BrF3N3OS. The van der Waals surface area contributed by atoms with E-state index in [1.165, 1.54) is 23.5 Å². The molecule has 126 valence electrons. The lowest BCUT2D eigenvalue weighted by Gasteiger charge is -2.11. The summed E-state index contributed by atoms with van der Waals surface area (Å²) in [6.07, 6.45) is -4.63. The van der Waals surface area contributed by atoms with E-state index in [1.54, 1.807) is 12.1 Å². The number of aromatic nitrogens is 2. The second-order valence-electron chi connectivity index (χ2n) is 4.98. The van der Waals surface area contributed by atoms with Crippen molar-refractivity contribution < 1.29 is 18.0 Å². The minimum absolute atomic E-state index is 0.207. The predicted octanol–water partition coefficient (Wildman–Crippen LogP) is 4.20. The molecule has 1 aromatic carbocycles. The van der Waals surface area contributed by atoms with Gasteiger partial charge in [-0.2, -0.15) is 13.2 Å². The highest BCUT2D eigenvalue weighted by molar-refractivity contribution is 9.10. The highest BCUT2D eigenvalue weighted by atomic mass is 79.9. The maximum Gasteiger partial charge on any atom is 0.449 e. The van der Waals surface area contributed by atoms with Crippen molar-refractivity contribution in [3.63, 3.8) is 0 Å². The lowest BCUT2D eigenvalue weighted by molar-refractivity contribution is -0.147. The largest absolute Gasteiger partial charge is 0.449 e. The van der Waals surface area contributed by atoms with E-state index < -0.39 is 24.5 Å². The number of para-hydroxylation sites is 2. The number of halogens is 4. The lowest BCUT2D eigenvalue weighted by Crippen LogP contribution is -2.29. The molecule has 2 heterocycles. The molecule has 9 heteroatoms. The first-order valence-corrected chi connectivity index (χ1v) is 8.54. The summed E-state index contributed by atoms with van der Waals surface area (Å²) in [5, 5.41) is 4.49. The minimum atomic E-state index is -4.63. The number of nitrogens with zero attached hydrogens (tertiary/aromatic N) is 2. The van der Waals surface area contributed by atoms with Crippen LogP contribution in [0, 0.1) is 0 Å². The molecule has 0 radical (unpaired) electrons. The molecule has 0 bridgehead atoms. The minimum Gasteiger partial charge on any atom is -0.350 e. The summed E-state index contributed by atoms with van der Waals surface area (Å²) in [6.45, 7) is -0.191. The summed E-state index contributed by atoms with van der Waals surface area (Å²) in [4.78, 5) is 16.6. The average molecular weight is 418 g/mol. The molecule has 3 aromatic rings. The number of thiophene rings is 1. The number of benzene rings is 1. The number of fused-ring (bicyclic) bond motifs is 1. The molecule has 0 saturated heterocycles. The topological polar surface area (TPSA) is 46.9 Å². The average Bonchev–Trinajstić information content (AvgIpc) is 3.09. The van der Waals surface area contributed by atoms with E-state index in [0.29, 0.717) is 0 Å². The highest BCUT2D eigenvalue weighted by Gasteiger charge is 2.37. The van der Waals surface area contributed by atoms with Gasteiger partial charge in [0.15, 0.2) is 0 Å². The van der Waals surface area contributed by atoms with Crippen LogP contribution < -0.4 is 5.32 Å². The molecule has 0 aliphatic heterocycles. The number of carbonyl (C=O) groups excluding carboxylic acids is 1. The van der Waals surface area contributed by atoms with Crippen molar-refractivity contribution in [1.29, 1.82) is 0 Å². The second-order valence-corrected chi connectivity index (χ2v) is 6.83. The van der Waals surface area contributed by atoms with Crippen LogP contribution in [-0.4, -0.2) is 15.5 Å². The van der Waals surface area contributed by atoms with Crippen molar-refractivity contribution in [3.05, 3.63) is 50.9 Å². The normalized spacial score (nSPS) is 11.8. The third kappa shape index (κ3) is 3.46. The smallest absolute Gasteiger partial charge is 0.350 e. The van der Waals surface area contributed by atoms with Gasteiger partial charge in [0.1, 0.15) is 6.54 Å². The van der Waals surface area contributed by atoms with E-state index in [9.17, 15) is 18.0 Å². The fourth-order valence-corrected chi connectivity index (χ4v) is 3.71. The molecule has 1 N–H and O–H groups in total. The maximum atomic E-state index is 13.2. The van der Waals surface area contributed by atoms with E-state index in [2.05, 4.69) is 26.2 Å². The Hall–Kier alpha value is -1.87. The number of rotatable bonds is 4. The fraction of sp³-hybridized carbons (Fsp3) is 0.200. The maximum absolute atomic E-state index is 13.2. The van der Waals surface area contributed by atoms with Gasteiger partial charge in [0.25, 0.3) is 0 Å². The first kappa shape index (κ1) is 17.0. The van der Waals surface area contributed by atoms with Crippen molar-refractivity contribution >= 4 is 44.2 Å². The van der Waals surface area contributed by atoms with Crippen LogP contribution >= 0.6 is 27.3 Å². The van der Waals surface area contributed by atoms with Gasteiger partial charge in [-0.1, -0.05) is 12.1 Å². The summed E-state index contributed by atoms with van der Waals surface area (Å²) < 4.78 is 41.3. The Morgan fingerprint density at radius 1 is 1.29 bits per heavy atom. The zero-order valence-electron chi connectivity index (χ0n) is 12.1. The second kappa shape index (κ2) is 6.56. The molecule has 0 aliphatic carbocycles. The molecule has 1 amide bonds. The zero-order valence-corrected chi connectivity index (χ0v) is 14.5. The lowest BCUT2D eigenvalue weighted by atomic mass is 10.3. The van der Waals surface area contributed by atoms with Crippen molar-refractivity contribution in [2.24, 2.45) is 0 Å². The van der Waals surface area contributed by atoms with Gasteiger partial charge >= 0.3 is 6.18 Å². The monoisotopic (exact) mass is 417 g/mol. The first-order chi connectivity index (χ1) is 11.4. The van der Waals surface area contributed by atoms with Crippen LogP contribution in [0.4, 0.5) is 13.2 Å². The summed E-state index contributed by atoms with van der Waals surface area (Å²) in [6, 6.07) is 8.06. The molecule has 0 unspecified atom stereocenters. The number of imidazole rings is 1. The number of alkyl halides is 3. The molecule has 0 aliphatic rings. The summed E-state index contributed by atoms with van der Waals surface area (Å²) in [7, 11) is 0. The highest BCUT2D eigenvalue weighted by Crippen LogP contribution is 2.31. The van der Waals surface area contributed by atoms with Crippen LogP contribution in [0.25, 0.3) is 11.0 Å². The molecular weight excluding hydrogens is 407 g/mol. The van der Waals surface area contributed by atoms with Crippen molar-refractivity contribution in [3.8, 4) is 0 Å². The van der Waals surface area contributed by atoms with Crippen molar-refractivity contribution in [2.45, 2.75) is 19.3 Å². The van der Waals surface area contributed by atoms with Crippen LogP contribution in [-0.2, 0) is 24.1 Å². The van der Waals surface area contributed by atoms with Crippen molar-refractivity contribution in [2.75, 3.05) is 0 Å². The van der Waals surface area contributed by atoms with Gasteiger partial charge in [0, 0.05) is 9.35 Å². The summed E-state index contributed by atoms with van der Waals surface area (Å²) in [5.41, 5.74) is 0.482. The standard InChI is InChI=1S/C15H11BrF3N3OS/c16-9-5-6-24-12(9)7-20-13(23)8-22-11-4-2-1-3-10(11)21-14(22)15(17,18)19/h1-6H,7-8H2,(H,20,23). The molecule has 3 rings (SSSR count). The van der Waals surface area contributed by atoms with Gasteiger partial charge in [-0.25, -0.2) is 4.98 Å². The quantitative estimate of drug-likeness (QED) is 0.691. The Labute approximate surface area is 147 Å². The number of hydrogen-bond donors (Lipinski definition) is 1.